The largest absolute Gasteiger partial charge is 0.244 e. The topological polar surface area (TPSA) is 37.4 Å². The van der Waals surface area contributed by atoms with Crippen LogP contribution in [0.3, 0.4) is 0 Å². The van der Waals surface area contributed by atoms with E-state index in [1.165, 1.54) is 0 Å². The number of sulfonamides is 1. The third kappa shape index (κ3) is 3.43. The first-order chi connectivity index (χ1) is 11.0. The van der Waals surface area contributed by atoms with Gasteiger partial charge < -0.3 is 0 Å². The molecule has 1 aliphatic heterocycles. The molecule has 0 saturated carbocycles. The zero-order chi connectivity index (χ0) is 16.4. The average molecular weight is 368 g/mol. The molecule has 0 aromatic heterocycles. The molecule has 1 aliphatic rings. The molecule has 0 radical (unpaired) electrons. The van der Waals surface area contributed by atoms with E-state index < -0.39 is 10.0 Å². The highest BCUT2D eigenvalue weighted by molar-refractivity contribution is 8.01. The molecule has 0 aliphatic carbocycles. The van der Waals surface area contributed by atoms with Crippen molar-refractivity contribution >= 4 is 33.4 Å². The van der Waals surface area contributed by atoms with Gasteiger partial charge in [0.1, 0.15) is 0 Å². The molecule has 1 fully saturated rings. The fourth-order valence-corrected chi connectivity index (χ4v) is 6.09. The van der Waals surface area contributed by atoms with Gasteiger partial charge in [-0.2, -0.15) is 4.31 Å². The molecule has 0 unspecified atom stereocenters. The molecule has 1 heterocycles. The van der Waals surface area contributed by atoms with Gasteiger partial charge in [0.25, 0.3) is 0 Å². The van der Waals surface area contributed by atoms with Crippen LogP contribution in [-0.4, -0.2) is 25.0 Å². The third-order valence-corrected chi connectivity index (χ3v) is 7.43. The van der Waals surface area contributed by atoms with Crippen molar-refractivity contribution in [2.45, 2.75) is 23.6 Å². The van der Waals surface area contributed by atoms with Crippen LogP contribution in [0.5, 0.6) is 0 Å². The molecule has 2 aromatic carbocycles. The lowest BCUT2D eigenvalue weighted by Gasteiger charge is -2.23. The molecule has 1 atom stereocenters. The van der Waals surface area contributed by atoms with E-state index in [2.05, 4.69) is 6.92 Å². The van der Waals surface area contributed by atoms with Crippen molar-refractivity contribution in [1.29, 1.82) is 0 Å². The van der Waals surface area contributed by atoms with E-state index in [1.807, 2.05) is 30.3 Å². The molecule has 122 valence electrons. The summed E-state index contributed by atoms with van der Waals surface area (Å²) >= 11 is 7.69. The molecule has 0 N–H and O–H groups in total. The van der Waals surface area contributed by atoms with E-state index in [9.17, 15) is 8.42 Å². The maximum atomic E-state index is 13.0. The quantitative estimate of drug-likeness (QED) is 0.806. The lowest BCUT2D eigenvalue weighted by Crippen LogP contribution is -2.30. The molecular formula is C17H18ClNO2S2. The first kappa shape index (κ1) is 16.8. The Morgan fingerprint density at radius 3 is 2.61 bits per heavy atom. The van der Waals surface area contributed by atoms with Crippen molar-refractivity contribution in [1.82, 2.24) is 4.31 Å². The van der Waals surface area contributed by atoms with Crippen LogP contribution >= 0.6 is 23.4 Å². The highest BCUT2D eigenvalue weighted by atomic mass is 35.5. The number of aryl methyl sites for hydroxylation is 1. The molecule has 0 spiro atoms. The van der Waals surface area contributed by atoms with Crippen molar-refractivity contribution in [2.24, 2.45) is 0 Å². The van der Waals surface area contributed by atoms with Crippen LogP contribution in [0.15, 0.2) is 53.4 Å². The van der Waals surface area contributed by atoms with E-state index in [0.717, 1.165) is 23.3 Å². The molecule has 23 heavy (non-hydrogen) atoms. The Kier molecular flexibility index (Phi) is 5.01. The summed E-state index contributed by atoms with van der Waals surface area (Å²) in [5.74, 6) is 0.781. The minimum absolute atomic E-state index is 0.218. The highest BCUT2D eigenvalue weighted by Crippen LogP contribution is 2.41. The van der Waals surface area contributed by atoms with Gasteiger partial charge in [-0.25, -0.2) is 8.42 Å². The van der Waals surface area contributed by atoms with Crippen LogP contribution in [0.2, 0.25) is 5.02 Å². The Balaban J connectivity index is 1.94. The van der Waals surface area contributed by atoms with Gasteiger partial charge in [-0.3, -0.25) is 0 Å². The summed E-state index contributed by atoms with van der Waals surface area (Å²) in [5.41, 5.74) is 2.06. The zero-order valence-corrected chi connectivity index (χ0v) is 15.2. The van der Waals surface area contributed by atoms with Crippen molar-refractivity contribution < 1.29 is 8.42 Å². The monoisotopic (exact) mass is 367 g/mol. The number of benzene rings is 2. The third-order valence-electron chi connectivity index (χ3n) is 3.92. The molecule has 1 saturated heterocycles. The Hall–Kier alpha value is -1.01. The Bertz CT molecular complexity index is 790. The number of thioether (sulfide) groups is 1. The van der Waals surface area contributed by atoms with Gasteiger partial charge in [0.2, 0.25) is 10.0 Å². The fraction of sp³-hybridized carbons (Fsp3) is 0.294. The van der Waals surface area contributed by atoms with Gasteiger partial charge in [-0.15, -0.1) is 11.8 Å². The molecular weight excluding hydrogens is 350 g/mol. The lowest BCUT2D eigenvalue weighted by molar-refractivity contribution is 0.434. The summed E-state index contributed by atoms with van der Waals surface area (Å²) in [7, 11) is -3.50. The predicted octanol–water partition coefficient (Wildman–Crippen LogP) is 4.34. The van der Waals surface area contributed by atoms with E-state index in [-0.39, 0.29) is 5.37 Å². The second-order valence-corrected chi connectivity index (χ2v) is 8.91. The van der Waals surface area contributed by atoms with Gasteiger partial charge in [-0.1, -0.05) is 42.8 Å². The lowest BCUT2D eigenvalue weighted by atomic mass is 10.2. The average Bonchev–Trinajstić information content (AvgIpc) is 3.05. The Morgan fingerprint density at radius 2 is 1.96 bits per heavy atom. The molecule has 0 amide bonds. The smallest absolute Gasteiger partial charge is 0.207 e. The minimum Gasteiger partial charge on any atom is -0.207 e. The van der Waals surface area contributed by atoms with Gasteiger partial charge in [0.05, 0.1) is 10.3 Å². The molecule has 6 heteroatoms. The van der Waals surface area contributed by atoms with Gasteiger partial charge in [0.15, 0.2) is 0 Å². The summed E-state index contributed by atoms with van der Waals surface area (Å²) in [6, 6.07) is 14.6. The van der Waals surface area contributed by atoms with Crippen LogP contribution in [-0.2, 0) is 16.4 Å². The van der Waals surface area contributed by atoms with Gasteiger partial charge in [0, 0.05) is 17.3 Å². The normalized spacial score (nSPS) is 19.1. The van der Waals surface area contributed by atoms with Crippen LogP contribution in [0, 0.1) is 0 Å². The minimum atomic E-state index is -3.50. The first-order valence-corrected chi connectivity index (χ1v) is 10.4. The molecule has 3 nitrogen and oxygen atoms in total. The van der Waals surface area contributed by atoms with Crippen molar-refractivity contribution in [2.75, 3.05) is 12.3 Å². The van der Waals surface area contributed by atoms with Crippen molar-refractivity contribution in [3.05, 3.63) is 64.7 Å². The van der Waals surface area contributed by atoms with Crippen molar-refractivity contribution in [3.8, 4) is 0 Å². The number of hydrogen-bond donors (Lipinski definition) is 0. The number of rotatable bonds is 4. The molecule has 3 rings (SSSR count). The molecule has 2 aromatic rings. The summed E-state index contributed by atoms with van der Waals surface area (Å²) in [5, 5.41) is 0.407. The second-order valence-electron chi connectivity index (χ2n) is 5.39. The number of halogens is 1. The van der Waals surface area contributed by atoms with E-state index >= 15 is 0 Å². The van der Waals surface area contributed by atoms with E-state index in [0.29, 0.717) is 16.5 Å². The SMILES string of the molecule is CCc1ccc(S(=O)(=O)N2CCS[C@@H]2c2cccc(Cl)c2)cc1. The number of hydrogen-bond acceptors (Lipinski definition) is 3. The van der Waals surface area contributed by atoms with Gasteiger partial charge >= 0.3 is 0 Å². The van der Waals surface area contributed by atoms with Crippen LogP contribution in [0.25, 0.3) is 0 Å². The number of nitrogens with zero attached hydrogens (tertiary/aromatic N) is 1. The highest BCUT2D eigenvalue weighted by Gasteiger charge is 2.36. The van der Waals surface area contributed by atoms with Crippen molar-refractivity contribution in [3.63, 3.8) is 0 Å². The fourth-order valence-electron chi connectivity index (χ4n) is 2.66. The summed E-state index contributed by atoms with van der Waals surface area (Å²) < 4.78 is 27.5. The summed E-state index contributed by atoms with van der Waals surface area (Å²) in [6.07, 6.45) is 0.894. The maximum absolute atomic E-state index is 13.0. The summed E-state index contributed by atoms with van der Waals surface area (Å²) in [6.45, 7) is 2.56. The standard InChI is InChI=1S/C17H18ClNO2S2/c1-2-13-6-8-16(9-7-13)23(20,21)19-10-11-22-17(19)14-4-3-5-15(18)12-14/h3-9,12,17H,2,10-11H2,1H3/t17-/m1/s1. The Labute approximate surface area is 146 Å². The Morgan fingerprint density at radius 1 is 1.22 bits per heavy atom. The molecule has 0 bridgehead atoms. The second kappa shape index (κ2) is 6.85. The van der Waals surface area contributed by atoms with Crippen LogP contribution in [0.1, 0.15) is 23.4 Å². The maximum Gasteiger partial charge on any atom is 0.244 e. The predicted molar refractivity (Wildman–Crippen MR) is 96.4 cm³/mol. The van der Waals surface area contributed by atoms with E-state index in [1.54, 1.807) is 34.3 Å². The van der Waals surface area contributed by atoms with Gasteiger partial charge in [-0.05, 0) is 41.8 Å². The summed E-state index contributed by atoms with van der Waals surface area (Å²) in [4.78, 5) is 0.351. The van der Waals surface area contributed by atoms with E-state index in [4.69, 9.17) is 11.6 Å². The first-order valence-electron chi connectivity index (χ1n) is 7.50. The van der Waals surface area contributed by atoms with Crippen LogP contribution < -0.4 is 0 Å². The van der Waals surface area contributed by atoms with Crippen LogP contribution in [0.4, 0.5) is 0 Å². The zero-order valence-electron chi connectivity index (χ0n) is 12.8.